The highest BCUT2D eigenvalue weighted by atomic mass is 32.2. The molecule has 1 aromatic carbocycles. The first kappa shape index (κ1) is 15.6. The van der Waals surface area contributed by atoms with Gasteiger partial charge in [0.2, 0.25) is 0 Å². The molecule has 2 heterocycles. The molecule has 0 radical (unpaired) electrons. The van der Waals surface area contributed by atoms with Crippen molar-refractivity contribution in [2.45, 2.75) is 24.7 Å². The second-order valence-electron chi connectivity index (χ2n) is 5.50. The molecule has 0 saturated carbocycles. The fourth-order valence-corrected chi connectivity index (χ4v) is 4.11. The molecule has 1 fully saturated rings. The number of aliphatic imine (C=N–C) groups is 1. The first-order valence-electron chi connectivity index (χ1n) is 6.68. The summed E-state index contributed by atoms with van der Waals surface area (Å²) in [6, 6.07) is 4.63. The van der Waals surface area contributed by atoms with E-state index in [-0.39, 0.29) is 23.1 Å². The Morgan fingerprint density at radius 1 is 1.41 bits per heavy atom. The highest BCUT2D eigenvalue weighted by molar-refractivity contribution is 8.13. The molecule has 2 aliphatic heterocycles. The van der Waals surface area contributed by atoms with Crippen LogP contribution in [0.3, 0.4) is 0 Å². The van der Waals surface area contributed by atoms with Gasteiger partial charge in [-0.05, 0) is 12.5 Å². The molecule has 0 amide bonds. The van der Waals surface area contributed by atoms with Crippen molar-refractivity contribution in [3.05, 3.63) is 35.1 Å². The number of nitrogens with two attached hydrogens (primary N) is 1. The van der Waals surface area contributed by atoms with E-state index in [0.29, 0.717) is 5.56 Å². The molecule has 1 aromatic rings. The number of rotatable bonds is 1. The molecule has 22 heavy (non-hydrogen) atoms. The van der Waals surface area contributed by atoms with E-state index >= 15 is 0 Å². The van der Waals surface area contributed by atoms with Gasteiger partial charge in [0.25, 0.3) is 0 Å². The largest absolute Gasteiger partial charge is 0.415 e. The lowest BCUT2D eigenvalue weighted by atomic mass is 9.78. The van der Waals surface area contributed by atoms with Gasteiger partial charge in [-0.2, -0.15) is 13.2 Å². The highest BCUT2D eigenvalue weighted by Crippen LogP contribution is 2.51. The van der Waals surface area contributed by atoms with Crippen LogP contribution >= 0.6 is 11.8 Å². The van der Waals surface area contributed by atoms with Gasteiger partial charge < -0.3 is 10.5 Å². The number of hydrogen-bond acceptors (Lipinski definition) is 4. The molecule has 0 unspecified atom stereocenters. The van der Waals surface area contributed by atoms with Gasteiger partial charge in [-0.25, -0.2) is 9.38 Å². The van der Waals surface area contributed by atoms with Gasteiger partial charge in [-0.3, -0.25) is 0 Å². The summed E-state index contributed by atoms with van der Waals surface area (Å²) < 4.78 is 59.1. The van der Waals surface area contributed by atoms with E-state index in [2.05, 4.69) is 4.99 Å². The van der Waals surface area contributed by atoms with Crippen molar-refractivity contribution < 1.29 is 22.3 Å². The molecule has 1 saturated heterocycles. The van der Waals surface area contributed by atoms with Crippen LogP contribution in [-0.2, 0) is 10.3 Å². The Hall–Kier alpha value is -1.28. The van der Waals surface area contributed by atoms with E-state index < -0.39 is 29.6 Å². The van der Waals surface area contributed by atoms with Gasteiger partial charge in [-0.15, -0.1) is 0 Å². The lowest BCUT2D eigenvalue weighted by Gasteiger charge is -2.36. The lowest BCUT2D eigenvalue weighted by molar-refractivity contribution is -0.215. The number of alkyl halides is 3. The quantitative estimate of drug-likeness (QED) is 0.803. The standard InChI is InChI=1S/C14H14F4N2OS/c1-7-3-2-4-8(10(7)15)13-6-21-11(14(16,17)18)9(13)5-22-12(19)20-13/h2-4,9,11H,5-6H2,1H3,(H2,19,20)/t9-,11+,13-/m1/s1. The number of aryl methyl sites for hydroxylation is 1. The Bertz CT molecular complexity index is 634. The van der Waals surface area contributed by atoms with Crippen molar-refractivity contribution in [2.24, 2.45) is 16.6 Å². The fraction of sp³-hybridized carbons (Fsp3) is 0.500. The topological polar surface area (TPSA) is 47.6 Å². The van der Waals surface area contributed by atoms with E-state index in [4.69, 9.17) is 10.5 Å². The summed E-state index contributed by atoms with van der Waals surface area (Å²) in [5.74, 6) is -1.46. The van der Waals surface area contributed by atoms with Gasteiger partial charge >= 0.3 is 6.18 Å². The Morgan fingerprint density at radius 2 is 2.14 bits per heavy atom. The molecule has 0 bridgehead atoms. The molecule has 0 spiro atoms. The maximum atomic E-state index is 14.5. The fourth-order valence-electron chi connectivity index (χ4n) is 3.08. The molecular weight excluding hydrogens is 320 g/mol. The molecule has 0 aliphatic carbocycles. The molecule has 2 aliphatic rings. The monoisotopic (exact) mass is 334 g/mol. The zero-order chi connectivity index (χ0) is 16.1. The molecule has 3 atom stereocenters. The number of ether oxygens (including phenoxy) is 1. The zero-order valence-electron chi connectivity index (χ0n) is 11.7. The molecular formula is C14H14F4N2OS. The van der Waals surface area contributed by atoms with Crippen molar-refractivity contribution in [3.8, 4) is 0 Å². The van der Waals surface area contributed by atoms with Crippen LogP contribution in [0.4, 0.5) is 17.6 Å². The third-order valence-electron chi connectivity index (χ3n) is 4.16. The maximum Gasteiger partial charge on any atom is 0.415 e. The molecule has 8 heteroatoms. The molecule has 120 valence electrons. The van der Waals surface area contributed by atoms with Gasteiger partial charge in [-0.1, -0.05) is 30.0 Å². The van der Waals surface area contributed by atoms with Crippen molar-refractivity contribution >= 4 is 16.9 Å². The number of hydrogen-bond donors (Lipinski definition) is 1. The summed E-state index contributed by atoms with van der Waals surface area (Å²) in [7, 11) is 0. The van der Waals surface area contributed by atoms with Crippen LogP contribution in [0, 0.1) is 18.7 Å². The number of benzene rings is 1. The molecule has 3 nitrogen and oxygen atoms in total. The summed E-state index contributed by atoms with van der Waals surface area (Å²) in [6.07, 6.45) is -6.48. The van der Waals surface area contributed by atoms with E-state index in [1.54, 1.807) is 19.1 Å². The second-order valence-corrected chi connectivity index (χ2v) is 6.54. The van der Waals surface area contributed by atoms with Crippen molar-refractivity contribution in [3.63, 3.8) is 0 Å². The van der Waals surface area contributed by atoms with Gasteiger partial charge in [0.15, 0.2) is 11.3 Å². The number of fused-ring (bicyclic) bond motifs is 1. The first-order chi connectivity index (χ1) is 10.3. The summed E-state index contributed by atoms with van der Waals surface area (Å²) >= 11 is 1.04. The third-order valence-corrected chi connectivity index (χ3v) is 5.08. The smallest absolute Gasteiger partial charge is 0.379 e. The summed E-state index contributed by atoms with van der Waals surface area (Å²) in [5.41, 5.74) is 4.77. The second kappa shape index (κ2) is 5.13. The van der Waals surface area contributed by atoms with Gasteiger partial charge in [0, 0.05) is 17.2 Å². The minimum atomic E-state index is -4.52. The van der Waals surface area contributed by atoms with E-state index in [1.165, 1.54) is 6.07 Å². The average Bonchev–Trinajstić information content (AvgIpc) is 2.81. The third kappa shape index (κ3) is 2.28. The zero-order valence-corrected chi connectivity index (χ0v) is 12.5. The minimum absolute atomic E-state index is 0.0902. The normalized spacial score (nSPS) is 31.8. The Labute approximate surface area is 128 Å². The van der Waals surface area contributed by atoms with Crippen molar-refractivity contribution in [2.75, 3.05) is 12.4 Å². The Kier molecular flexibility index (Phi) is 3.64. The van der Waals surface area contributed by atoms with Crippen LogP contribution in [0.1, 0.15) is 11.1 Å². The van der Waals surface area contributed by atoms with Crippen LogP contribution < -0.4 is 5.73 Å². The first-order valence-corrected chi connectivity index (χ1v) is 7.66. The van der Waals surface area contributed by atoms with Crippen LogP contribution in [0.2, 0.25) is 0 Å². The van der Waals surface area contributed by atoms with Gasteiger partial charge in [0.05, 0.1) is 6.61 Å². The van der Waals surface area contributed by atoms with Crippen LogP contribution in [0.25, 0.3) is 0 Å². The van der Waals surface area contributed by atoms with Crippen LogP contribution in [0.5, 0.6) is 0 Å². The summed E-state index contributed by atoms with van der Waals surface area (Å²) in [4.78, 5) is 4.20. The van der Waals surface area contributed by atoms with Crippen molar-refractivity contribution in [1.29, 1.82) is 0 Å². The number of amidine groups is 1. The average molecular weight is 334 g/mol. The Morgan fingerprint density at radius 3 is 2.82 bits per heavy atom. The lowest BCUT2D eigenvalue weighted by Crippen LogP contribution is -2.46. The predicted octanol–water partition coefficient (Wildman–Crippen LogP) is 2.97. The van der Waals surface area contributed by atoms with Crippen molar-refractivity contribution in [1.82, 2.24) is 0 Å². The van der Waals surface area contributed by atoms with Gasteiger partial charge in [0.1, 0.15) is 11.4 Å². The van der Waals surface area contributed by atoms with Crippen LogP contribution in [0.15, 0.2) is 23.2 Å². The highest BCUT2D eigenvalue weighted by Gasteiger charge is 2.61. The molecule has 3 rings (SSSR count). The number of thioether (sulfide) groups is 1. The van der Waals surface area contributed by atoms with E-state index in [0.717, 1.165) is 11.8 Å². The Balaban J connectivity index is 2.16. The number of nitrogens with zero attached hydrogens (tertiary/aromatic N) is 1. The maximum absolute atomic E-state index is 14.5. The van der Waals surface area contributed by atoms with Crippen LogP contribution in [-0.4, -0.2) is 29.8 Å². The number of halogens is 4. The minimum Gasteiger partial charge on any atom is -0.379 e. The molecule has 0 aromatic heterocycles. The predicted molar refractivity (Wildman–Crippen MR) is 76.2 cm³/mol. The molecule has 2 N–H and O–H groups in total. The summed E-state index contributed by atoms with van der Waals surface area (Å²) in [5, 5.41) is 0.156. The van der Waals surface area contributed by atoms with E-state index in [9.17, 15) is 17.6 Å². The summed E-state index contributed by atoms with van der Waals surface area (Å²) in [6.45, 7) is 1.23. The van der Waals surface area contributed by atoms with E-state index in [1.807, 2.05) is 0 Å². The SMILES string of the molecule is Cc1cccc([C@]23CO[C@H](C(F)(F)F)[C@H]2CSC(N)=N3)c1F.